The van der Waals surface area contributed by atoms with Crippen LogP contribution >= 0.6 is 0 Å². The van der Waals surface area contributed by atoms with Crippen molar-refractivity contribution in [2.24, 2.45) is 0 Å². The highest BCUT2D eigenvalue weighted by Gasteiger charge is 2.51. The van der Waals surface area contributed by atoms with E-state index >= 15 is 0 Å². The van der Waals surface area contributed by atoms with Gasteiger partial charge in [-0.3, -0.25) is 0 Å². The molecule has 2 saturated heterocycles. The number of nitrogens with one attached hydrogen (secondary N) is 1. The van der Waals surface area contributed by atoms with Crippen LogP contribution in [0.1, 0.15) is 0 Å². The van der Waals surface area contributed by atoms with Gasteiger partial charge in [0.2, 0.25) is 0 Å². The van der Waals surface area contributed by atoms with Crippen LogP contribution in [0.4, 0.5) is 4.79 Å². The highest BCUT2D eigenvalue weighted by Crippen LogP contribution is 2.30. The van der Waals surface area contributed by atoms with Gasteiger partial charge < -0.3 is 24.4 Å². The molecule has 4 unspecified atom stereocenters. The Bertz CT molecular complexity index is 323. The minimum atomic E-state index is -0.882. The molecule has 2 aliphatic heterocycles. The SMILES string of the molecule is CNC(=O)OC1COC2C(O[N+](=O)[O-])COC12. The zero-order valence-corrected chi connectivity index (χ0v) is 9.03. The lowest BCUT2D eigenvalue weighted by atomic mass is 10.1. The molecule has 0 saturated carbocycles. The molecule has 17 heavy (non-hydrogen) atoms. The van der Waals surface area contributed by atoms with Crippen LogP contribution in [0.15, 0.2) is 0 Å². The fourth-order valence-electron chi connectivity index (χ4n) is 1.93. The summed E-state index contributed by atoms with van der Waals surface area (Å²) in [5, 5.41) is 11.6. The monoisotopic (exact) mass is 248 g/mol. The van der Waals surface area contributed by atoms with Gasteiger partial charge in [-0.2, -0.15) is 0 Å². The van der Waals surface area contributed by atoms with Crippen molar-refractivity contribution >= 4 is 6.09 Å². The Hall–Kier alpha value is -1.61. The lowest BCUT2D eigenvalue weighted by Crippen LogP contribution is -2.37. The van der Waals surface area contributed by atoms with E-state index in [2.05, 4.69) is 10.2 Å². The first kappa shape index (κ1) is 11.9. The van der Waals surface area contributed by atoms with Crippen LogP contribution in [0, 0.1) is 10.1 Å². The van der Waals surface area contributed by atoms with Gasteiger partial charge in [-0.15, -0.1) is 10.1 Å². The predicted molar refractivity (Wildman–Crippen MR) is 50.7 cm³/mol. The molecular weight excluding hydrogens is 236 g/mol. The summed E-state index contributed by atoms with van der Waals surface area (Å²) in [7, 11) is 1.43. The molecule has 9 heteroatoms. The van der Waals surface area contributed by atoms with Crippen LogP contribution < -0.4 is 5.32 Å². The van der Waals surface area contributed by atoms with Crippen LogP contribution in [0.3, 0.4) is 0 Å². The number of ether oxygens (including phenoxy) is 3. The molecule has 0 aliphatic carbocycles. The fraction of sp³-hybridized carbons (Fsp3) is 0.875. The number of carbonyl (C=O) groups is 1. The molecule has 0 radical (unpaired) electrons. The summed E-state index contributed by atoms with van der Waals surface area (Å²) in [6, 6.07) is 0. The Balaban J connectivity index is 1.92. The Morgan fingerprint density at radius 1 is 1.35 bits per heavy atom. The average Bonchev–Trinajstić information content (AvgIpc) is 2.83. The van der Waals surface area contributed by atoms with Crippen molar-refractivity contribution in [1.82, 2.24) is 5.32 Å². The maximum absolute atomic E-state index is 11.0. The minimum Gasteiger partial charge on any atom is -0.441 e. The Morgan fingerprint density at radius 2 is 1.94 bits per heavy atom. The molecule has 1 N–H and O–H groups in total. The standard InChI is InChI=1S/C8H12N2O7/c1-9-8(11)16-4-2-14-7-5(17-10(12)13)3-15-6(4)7/h4-7H,2-3H2,1H3,(H,9,11). The van der Waals surface area contributed by atoms with E-state index in [4.69, 9.17) is 14.2 Å². The second-order valence-electron chi connectivity index (χ2n) is 3.66. The molecule has 0 aromatic heterocycles. The van der Waals surface area contributed by atoms with Crippen molar-refractivity contribution < 1.29 is 28.9 Å². The molecule has 0 aromatic carbocycles. The first-order chi connectivity index (χ1) is 8.11. The van der Waals surface area contributed by atoms with E-state index in [0.29, 0.717) is 0 Å². The first-order valence-corrected chi connectivity index (χ1v) is 5.04. The fourth-order valence-corrected chi connectivity index (χ4v) is 1.93. The smallest absolute Gasteiger partial charge is 0.407 e. The molecule has 2 fully saturated rings. The van der Waals surface area contributed by atoms with Gasteiger partial charge in [0.15, 0.2) is 12.2 Å². The van der Waals surface area contributed by atoms with Gasteiger partial charge in [0, 0.05) is 7.05 Å². The first-order valence-electron chi connectivity index (χ1n) is 5.04. The summed E-state index contributed by atoms with van der Waals surface area (Å²) < 4.78 is 15.6. The maximum Gasteiger partial charge on any atom is 0.407 e. The van der Waals surface area contributed by atoms with E-state index < -0.39 is 35.6 Å². The van der Waals surface area contributed by atoms with Crippen LogP contribution in [0.25, 0.3) is 0 Å². The molecule has 1 amide bonds. The lowest BCUT2D eigenvalue weighted by molar-refractivity contribution is -0.769. The number of rotatable bonds is 3. The van der Waals surface area contributed by atoms with E-state index in [0.717, 1.165) is 0 Å². The second kappa shape index (κ2) is 4.72. The van der Waals surface area contributed by atoms with Gasteiger partial charge in [-0.1, -0.05) is 0 Å². The predicted octanol–water partition coefficient (Wildman–Crippen LogP) is -0.914. The largest absolute Gasteiger partial charge is 0.441 e. The van der Waals surface area contributed by atoms with Crippen LogP contribution in [0.5, 0.6) is 0 Å². The highest BCUT2D eigenvalue weighted by atomic mass is 17.0. The van der Waals surface area contributed by atoms with E-state index in [9.17, 15) is 14.9 Å². The third kappa shape index (κ3) is 2.39. The highest BCUT2D eigenvalue weighted by molar-refractivity contribution is 5.67. The second-order valence-corrected chi connectivity index (χ2v) is 3.66. The average molecular weight is 248 g/mol. The quantitative estimate of drug-likeness (QED) is 0.508. The molecular formula is C8H12N2O7. The number of amides is 1. The Morgan fingerprint density at radius 3 is 2.53 bits per heavy atom. The van der Waals surface area contributed by atoms with Gasteiger partial charge in [0.1, 0.15) is 12.2 Å². The Labute approximate surface area is 96.1 Å². The molecule has 0 bridgehead atoms. The summed E-state index contributed by atoms with van der Waals surface area (Å²) in [6.07, 6.45) is -3.03. The van der Waals surface area contributed by atoms with Crippen LogP contribution in [0.2, 0.25) is 0 Å². The van der Waals surface area contributed by atoms with Gasteiger partial charge in [0.25, 0.3) is 5.09 Å². The van der Waals surface area contributed by atoms with E-state index in [1.54, 1.807) is 0 Å². The summed E-state index contributed by atoms with van der Waals surface area (Å²) >= 11 is 0. The third-order valence-corrected chi connectivity index (χ3v) is 2.65. The van der Waals surface area contributed by atoms with Crippen molar-refractivity contribution in [2.45, 2.75) is 24.4 Å². The van der Waals surface area contributed by atoms with Crippen molar-refractivity contribution in [3.8, 4) is 0 Å². The van der Waals surface area contributed by atoms with Crippen LogP contribution in [-0.4, -0.2) is 55.9 Å². The molecule has 2 rings (SSSR count). The summed E-state index contributed by atoms with van der Waals surface area (Å²) in [5.41, 5.74) is 0. The number of nitrogens with zero attached hydrogens (tertiary/aromatic N) is 1. The van der Waals surface area contributed by atoms with Gasteiger partial charge in [-0.25, -0.2) is 4.79 Å². The zero-order valence-electron chi connectivity index (χ0n) is 9.03. The van der Waals surface area contributed by atoms with Crippen LogP contribution in [-0.2, 0) is 19.0 Å². The number of carbonyl (C=O) groups excluding carboxylic acids is 1. The van der Waals surface area contributed by atoms with Gasteiger partial charge >= 0.3 is 6.09 Å². The lowest BCUT2D eigenvalue weighted by Gasteiger charge is -2.16. The zero-order chi connectivity index (χ0) is 12.4. The molecule has 0 aromatic rings. The molecule has 2 heterocycles. The molecule has 4 atom stereocenters. The van der Waals surface area contributed by atoms with Crippen molar-refractivity contribution in [3.05, 3.63) is 10.1 Å². The molecule has 96 valence electrons. The molecule has 9 nitrogen and oxygen atoms in total. The van der Waals surface area contributed by atoms with E-state index in [-0.39, 0.29) is 13.2 Å². The number of fused-ring (bicyclic) bond motifs is 1. The minimum absolute atomic E-state index is 0.0456. The van der Waals surface area contributed by atoms with Gasteiger partial charge in [-0.05, 0) is 0 Å². The normalized spacial score (nSPS) is 35.1. The molecule has 2 aliphatic rings. The summed E-state index contributed by atoms with van der Waals surface area (Å²) in [6.45, 7) is 0.185. The third-order valence-electron chi connectivity index (χ3n) is 2.65. The van der Waals surface area contributed by atoms with E-state index in [1.807, 2.05) is 0 Å². The van der Waals surface area contributed by atoms with Crippen molar-refractivity contribution in [1.29, 1.82) is 0 Å². The number of hydrogen-bond acceptors (Lipinski definition) is 7. The Kier molecular flexibility index (Phi) is 3.29. The van der Waals surface area contributed by atoms with Crippen molar-refractivity contribution in [3.63, 3.8) is 0 Å². The molecule has 0 spiro atoms. The number of hydrogen-bond donors (Lipinski definition) is 1. The maximum atomic E-state index is 11.0. The topological polar surface area (TPSA) is 109 Å². The number of alkyl carbamates (subject to hydrolysis) is 1. The van der Waals surface area contributed by atoms with Gasteiger partial charge in [0.05, 0.1) is 13.2 Å². The summed E-state index contributed by atoms with van der Waals surface area (Å²) in [4.78, 5) is 25.7. The summed E-state index contributed by atoms with van der Waals surface area (Å²) in [5.74, 6) is 0. The van der Waals surface area contributed by atoms with Crippen molar-refractivity contribution in [2.75, 3.05) is 20.3 Å². The van der Waals surface area contributed by atoms with E-state index in [1.165, 1.54) is 7.05 Å².